The van der Waals surface area contributed by atoms with Crippen molar-refractivity contribution in [2.24, 2.45) is 17.6 Å². The fourth-order valence-corrected chi connectivity index (χ4v) is 2.46. The van der Waals surface area contributed by atoms with E-state index in [0.717, 1.165) is 11.2 Å². The van der Waals surface area contributed by atoms with Crippen molar-refractivity contribution in [3.05, 3.63) is 17.8 Å². The summed E-state index contributed by atoms with van der Waals surface area (Å²) < 4.78 is 52.9. The number of hydrogen-bond acceptors (Lipinski definition) is 4. The fourth-order valence-electron chi connectivity index (χ4n) is 2.46. The number of primary amides is 1. The summed E-state index contributed by atoms with van der Waals surface area (Å²) in [6.07, 6.45) is -3.19. The van der Waals surface area contributed by atoms with Crippen LogP contribution in [-0.2, 0) is 11.2 Å². The quantitative estimate of drug-likeness (QED) is 0.854. The molecule has 1 aromatic heterocycles. The first-order valence-electron chi connectivity index (χ1n) is 6.36. The molecule has 2 rings (SSSR count). The Morgan fingerprint density at radius 1 is 1.43 bits per heavy atom. The van der Waals surface area contributed by atoms with Gasteiger partial charge >= 0.3 is 6.18 Å². The van der Waals surface area contributed by atoms with Gasteiger partial charge < -0.3 is 10.6 Å². The highest BCUT2D eigenvalue weighted by atomic mass is 19.4. The molecule has 0 saturated carbocycles. The molecule has 9 heteroatoms. The second-order valence-corrected chi connectivity index (χ2v) is 4.87. The maximum atomic E-state index is 14.1. The van der Waals surface area contributed by atoms with E-state index >= 15 is 0 Å². The molecule has 0 bridgehead atoms. The molecule has 1 saturated heterocycles. The van der Waals surface area contributed by atoms with Gasteiger partial charge in [0.05, 0.1) is 17.5 Å². The lowest BCUT2D eigenvalue weighted by molar-refractivity contribution is -0.181. The summed E-state index contributed by atoms with van der Waals surface area (Å²) in [4.78, 5) is 19.7. The monoisotopic (exact) mass is 306 g/mol. The number of nitrogens with two attached hydrogens (primary N) is 1. The third-order valence-corrected chi connectivity index (χ3v) is 3.58. The number of halogens is 4. The van der Waals surface area contributed by atoms with Crippen LogP contribution in [0, 0.1) is 17.7 Å². The molecule has 0 aliphatic carbocycles. The molecule has 1 aromatic rings. The molecular formula is C12H14F4N4O. The average molecular weight is 306 g/mol. The molecule has 2 N–H and O–H groups in total. The summed E-state index contributed by atoms with van der Waals surface area (Å²) in [5.41, 5.74) is 5.14. The Balaban J connectivity index is 2.33. The number of nitrogens with zero attached hydrogens (tertiary/aromatic N) is 3. The van der Waals surface area contributed by atoms with Crippen molar-refractivity contribution in [1.29, 1.82) is 0 Å². The first-order chi connectivity index (χ1) is 9.75. The molecule has 0 aromatic carbocycles. The minimum absolute atomic E-state index is 0.117. The maximum Gasteiger partial charge on any atom is 0.394 e. The van der Waals surface area contributed by atoms with Gasteiger partial charge in [-0.15, -0.1) is 0 Å². The van der Waals surface area contributed by atoms with E-state index in [2.05, 4.69) is 9.97 Å². The molecule has 2 atom stereocenters. The Kier molecular flexibility index (Phi) is 4.02. The zero-order valence-electron chi connectivity index (χ0n) is 11.2. The van der Waals surface area contributed by atoms with Crippen molar-refractivity contribution in [1.82, 2.24) is 9.97 Å². The Morgan fingerprint density at radius 2 is 2.10 bits per heavy atom. The van der Waals surface area contributed by atoms with Gasteiger partial charge in [-0.1, -0.05) is 6.92 Å². The molecule has 116 valence electrons. The minimum Gasteiger partial charge on any atom is -0.369 e. The van der Waals surface area contributed by atoms with Gasteiger partial charge in [-0.3, -0.25) is 4.79 Å². The molecule has 0 spiro atoms. The minimum atomic E-state index is -4.58. The zero-order chi connectivity index (χ0) is 15.8. The van der Waals surface area contributed by atoms with E-state index in [1.54, 1.807) is 6.92 Å². The predicted octanol–water partition coefficient (Wildman–Crippen LogP) is 1.28. The highest BCUT2D eigenvalue weighted by Gasteiger charge is 2.52. The van der Waals surface area contributed by atoms with Crippen molar-refractivity contribution in [3.8, 4) is 0 Å². The van der Waals surface area contributed by atoms with Crippen LogP contribution < -0.4 is 10.6 Å². The van der Waals surface area contributed by atoms with E-state index in [0.29, 0.717) is 0 Å². The first-order valence-corrected chi connectivity index (χ1v) is 6.36. The van der Waals surface area contributed by atoms with E-state index in [-0.39, 0.29) is 24.5 Å². The Bertz CT molecular complexity index is 549. The summed E-state index contributed by atoms with van der Waals surface area (Å²) in [5, 5.41) is 0. The molecule has 2 heterocycles. The molecule has 5 nitrogen and oxygen atoms in total. The van der Waals surface area contributed by atoms with Crippen molar-refractivity contribution in [3.63, 3.8) is 0 Å². The normalized spacial score (nSPS) is 22.6. The lowest BCUT2D eigenvalue weighted by Crippen LogP contribution is -2.37. The number of hydrogen-bond donors (Lipinski definition) is 1. The van der Waals surface area contributed by atoms with E-state index in [9.17, 15) is 22.4 Å². The van der Waals surface area contributed by atoms with E-state index in [4.69, 9.17) is 5.73 Å². The number of carbonyl (C=O) groups is 1. The Morgan fingerprint density at radius 3 is 2.57 bits per heavy atom. The molecule has 21 heavy (non-hydrogen) atoms. The summed E-state index contributed by atoms with van der Waals surface area (Å²) >= 11 is 0. The SMILES string of the molecule is CCc1ncnc(N2C[C@@H](C(F)(F)F)[C@H](C(N)=O)C2)c1F. The smallest absolute Gasteiger partial charge is 0.369 e. The molecule has 1 aliphatic rings. The van der Waals surface area contributed by atoms with Gasteiger partial charge in [-0.25, -0.2) is 14.4 Å². The molecule has 0 unspecified atom stereocenters. The lowest BCUT2D eigenvalue weighted by Gasteiger charge is -2.19. The van der Waals surface area contributed by atoms with Crippen LogP contribution in [0.15, 0.2) is 6.33 Å². The maximum absolute atomic E-state index is 14.1. The third-order valence-electron chi connectivity index (χ3n) is 3.58. The number of anilines is 1. The number of aromatic nitrogens is 2. The van der Waals surface area contributed by atoms with E-state index in [1.165, 1.54) is 0 Å². The number of rotatable bonds is 3. The van der Waals surface area contributed by atoms with Crippen LogP contribution in [0.2, 0.25) is 0 Å². The first kappa shape index (κ1) is 15.5. The molecule has 1 amide bonds. The van der Waals surface area contributed by atoms with Crippen LogP contribution in [-0.4, -0.2) is 35.1 Å². The standard InChI is InChI=1S/C12H14F4N4O/c1-2-8-9(13)11(19-5-18-8)20-3-6(10(17)21)7(4-20)12(14,15)16/h5-7H,2-4H2,1H3,(H2,17,21)/t6-,7-/m1/s1. The second kappa shape index (κ2) is 5.45. The molecule has 1 aliphatic heterocycles. The fraction of sp³-hybridized carbons (Fsp3) is 0.583. The van der Waals surface area contributed by atoms with Crippen LogP contribution in [0.1, 0.15) is 12.6 Å². The highest BCUT2D eigenvalue weighted by molar-refractivity contribution is 5.78. The lowest BCUT2D eigenvalue weighted by atomic mass is 9.95. The average Bonchev–Trinajstić information content (AvgIpc) is 2.84. The van der Waals surface area contributed by atoms with Gasteiger partial charge in [-0.05, 0) is 6.42 Å². The van der Waals surface area contributed by atoms with Crippen LogP contribution >= 0.6 is 0 Å². The van der Waals surface area contributed by atoms with E-state index in [1.807, 2.05) is 0 Å². The predicted molar refractivity (Wildman–Crippen MR) is 65.8 cm³/mol. The van der Waals surface area contributed by atoms with Crippen LogP contribution in [0.25, 0.3) is 0 Å². The number of aryl methyl sites for hydroxylation is 1. The Hall–Kier alpha value is -1.93. The van der Waals surface area contributed by atoms with Gasteiger partial charge in [0.25, 0.3) is 0 Å². The van der Waals surface area contributed by atoms with Gasteiger partial charge in [-0.2, -0.15) is 13.2 Å². The summed E-state index contributed by atoms with van der Waals surface area (Å²) in [6, 6.07) is 0. The summed E-state index contributed by atoms with van der Waals surface area (Å²) in [5.74, 6) is -5.37. The van der Waals surface area contributed by atoms with Crippen LogP contribution in [0.4, 0.5) is 23.4 Å². The zero-order valence-corrected chi connectivity index (χ0v) is 11.2. The number of carbonyl (C=O) groups excluding carboxylic acids is 1. The molecular weight excluding hydrogens is 292 g/mol. The van der Waals surface area contributed by atoms with E-state index < -0.39 is 36.3 Å². The van der Waals surface area contributed by atoms with Crippen molar-refractivity contribution < 1.29 is 22.4 Å². The van der Waals surface area contributed by atoms with Gasteiger partial charge in [0.15, 0.2) is 11.6 Å². The van der Waals surface area contributed by atoms with Gasteiger partial charge in [0.2, 0.25) is 5.91 Å². The number of alkyl halides is 3. The largest absolute Gasteiger partial charge is 0.394 e. The third kappa shape index (κ3) is 2.91. The topological polar surface area (TPSA) is 72.1 Å². The molecule has 1 fully saturated rings. The van der Waals surface area contributed by atoms with Crippen LogP contribution in [0.5, 0.6) is 0 Å². The number of amides is 1. The highest BCUT2D eigenvalue weighted by Crippen LogP contribution is 2.39. The second-order valence-electron chi connectivity index (χ2n) is 4.87. The Labute approximate surface area is 118 Å². The van der Waals surface area contributed by atoms with Crippen LogP contribution in [0.3, 0.4) is 0 Å². The summed E-state index contributed by atoms with van der Waals surface area (Å²) in [6.45, 7) is 0.814. The molecule has 0 radical (unpaired) electrons. The van der Waals surface area contributed by atoms with Crippen molar-refractivity contribution in [2.75, 3.05) is 18.0 Å². The van der Waals surface area contributed by atoms with Crippen molar-refractivity contribution >= 4 is 11.7 Å². The van der Waals surface area contributed by atoms with Gasteiger partial charge in [0.1, 0.15) is 6.33 Å². The summed E-state index contributed by atoms with van der Waals surface area (Å²) in [7, 11) is 0. The van der Waals surface area contributed by atoms with Crippen molar-refractivity contribution in [2.45, 2.75) is 19.5 Å². The van der Waals surface area contributed by atoms with Gasteiger partial charge in [0, 0.05) is 13.1 Å².